The minimum atomic E-state index is -4.69. The number of imidazole rings is 1. The molecule has 222 valence electrons. The lowest BCUT2D eigenvalue weighted by Crippen LogP contribution is -2.27. The van der Waals surface area contributed by atoms with E-state index < -0.39 is 29.4 Å². The Morgan fingerprint density at radius 1 is 1.02 bits per heavy atom. The molecular weight excluding hydrogens is 604 g/mol. The molecule has 3 aromatic heterocycles. The Morgan fingerprint density at radius 2 is 1.86 bits per heavy atom. The molecule has 2 aliphatic heterocycles. The van der Waals surface area contributed by atoms with E-state index in [1.807, 2.05) is 6.07 Å². The van der Waals surface area contributed by atoms with E-state index in [0.29, 0.717) is 42.2 Å². The minimum absolute atomic E-state index is 0.0572. The first-order valence-electron chi connectivity index (χ1n) is 13.7. The van der Waals surface area contributed by atoms with Crippen molar-refractivity contribution in [2.75, 3.05) is 5.32 Å². The number of alkyl halides is 3. The highest BCUT2D eigenvalue weighted by molar-refractivity contribution is 6.31. The number of amides is 1. The van der Waals surface area contributed by atoms with Gasteiger partial charge in [-0.2, -0.15) is 17.6 Å². The van der Waals surface area contributed by atoms with E-state index in [2.05, 4.69) is 25.6 Å². The SMILES string of the molecule is O=C1CCc2cc(-c3nc(F)c(C4C5CC5c5nc(-c6cc(Cl)ccc6-n6cc(C(F)(F)F)nn6)cc(=O)n54)[nH]3)ccc2N1. The molecule has 10 nitrogen and oxygen atoms in total. The smallest absolute Gasteiger partial charge is 0.338 e. The highest BCUT2D eigenvalue weighted by Gasteiger charge is 2.56. The third kappa shape index (κ3) is 4.23. The molecule has 3 aliphatic rings. The lowest BCUT2D eigenvalue weighted by Gasteiger charge is -2.18. The molecule has 3 unspecified atom stereocenters. The van der Waals surface area contributed by atoms with Gasteiger partial charge in [0.2, 0.25) is 11.9 Å². The van der Waals surface area contributed by atoms with Gasteiger partial charge < -0.3 is 10.3 Å². The van der Waals surface area contributed by atoms with Crippen LogP contribution in [0.15, 0.2) is 53.5 Å². The van der Waals surface area contributed by atoms with Crippen LogP contribution in [-0.2, 0) is 17.4 Å². The number of hydrogen-bond acceptors (Lipinski definition) is 6. The van der Waals surface area contributed by atoms with Gasteiger partial charge in [-0.1, -0.05) is 16.8 Å². The monoisotopic (exact) mass is 622 g/mol. The predicted molar refractivity (Wildman–Crippen MR) is 149 cm³/mol. The second kappa shape index (κ2) is 9.32. The Labute approximate surface area is 249 Å². The summed E-state index contributed by atoms with van der Waals surface area (Å²) in [5.41, 5.74) is 1.50. The first-order valence-corrected chi connectivity index (χ1v) is 14.0. The van der Waals surface area contributed by atoms with Crippen LogP contribution in [0.1, 0.15) is 47.6 Å². The number of nitrogens with one attached hydrogen (secondary N) is 2. The van der Waals surface area contributed by atoms with E-state index in [1.165, 1.54) is 28.8 Å². The number of carbonyl (C=O) groups is 1. The number of benzene rings is 2. The maximum atomic E-state index is 15.4. The van der Waals surface area contributed by atoms with Gasteiger partial charge in [-0.25, -0.2) is 14.6 Å². The van der Waals surface area contributed by atoms with E-state index in [0.717, 1.165) is 16.4 Å². The summed E-state index contributed by atoms with van der Waals surface area (Å²) < 4.78 is 57.4. The van der Waals surface area contributed by atoms with Crippen molar-refractivity contribution in [1.82, 2.24) is 34.5 Å². The first kappa shape index (κ1) is 26.8. The number of aryl methyl sites for hydroxylation is 1. The van der Waals surface area contributed by atoms with Crippen LogP contribution in [-0.4, -0.2) is 40.4 Å². The van der Waals surface area contributed by atoms with Crippen LogP contribution < -0.4 is 10.9 Å². The molecule has 0 saturated heterocycles. The lowest BCUT2D eigenvalue weighted by atomic mass is 10.0. The zero-order valence-electron chi connectivity index (χ0n) is 22.4. The molecule has 44 heavy (non-hydrogen) atoms. The summed E-state index contributed by atoms with van der Waals surface area (Å²) in [4.78, 5) is 37.3. The van der Waals surface area contributed by atoms with Crippen LogP contribution in [0.4, 0.5) is 23.2 Å². The number of aromatic amines is 1. The molecule has 2 aromatic carbocycles. The molecular formula is C29H19ClF4N8O2. The zero-order valence-corrected chi connectivity index (χ0v) is 23.1. The van der Waals surface area contributed by atoms with Crippen molar-refractivity contribution in [2.24, 2.45) is 5.92 Å². The summed E-state index contributed by atoms with van der Waals surface area (Å²) in [6.45, 7) is 0. The number of H-pyrrole nitrogens is 1. The maximum Gasteiger partial charge on any atom is 0.436 e. The Kier molecular flexibility index (Phi) is 5.67. The Bertz CT molecular complexity index is 2080. The van der Waals surface area contributed by atoms with E-state index >= 15 is 4.39 Å². The second-order valence-corrected chi connectivity index (χ2v) is 11.5. The quantitative estimate of drug-likeness (QED) is 0.263. The van der Waals surface area contributed by atoms with Crippen molar-refractivity contribution in [1.29, 1.82) is 0 Å². The van der Waals surface area contributed by atoms with Crippen LogP contribution in [0, 0.1) is 11.9 Å². The van der Waals surface area contributed by atoms with Gasteiger partial charge in [0, 0.05) is 40.2 Å². The maximum absolute atomic E-state index is 15.4. The van der Waals surface area contributed by atoms with Crippen molar-refractivity contribution in [3.05, 3.63) is 92.8 Å². The van der Waals surface area contributed by atoms with E-state index in [1.54, 1.807) is 12.1 Å². The molecule has 1 saturated carbocycles. The molecule has 1 amide bonds. The summed E-state index contributed by atoms with van der Waals surface area (Å²) in [5.74, 6) is -0.238. The van der Waals surface area contributed by atoms with Gasteiger partial charge in [0.15, 0.2) is 5.69 Å². The fourth-order valence-electron chi connectivity index (χ4n) is 6.24. The average Bonchev–Trinajstić information content (AvgIpc) is 3.28. The molecule has 1 fully saturated rings. The third-order valence-electron chi connectivity index (χ3n) is 8.36. The molecule has 5 heterocycles. The lowest BCUT2D eigenvalue weighted by molar-refractivity contribution is -0.141. The van der Waals surface area contributed by atoms with E-state index in [4.69, 9.17) is 16.6 Å². The van der Waals surface area contributed by atoms with Gasteiger partial charge in [-0.15, -0.1) is 5.10 Å². The van der Waals surface area contributed by atoms with Crippen LogP contribution in [0.2, 0.25) is 5.02 Å². The number of fused-ring (bicyclic) bond motifs is 4. The summed E-state index contributed by atoms with van der Waals surface area (Å²) in [6, 6.07) is 10.4. The first-order chi connectivity index (χ1) is 21.0. The molecule has 15 heteroatoms. The Morgan fingerprint density at radius 3 is 2.66 bits per heavy atom. The van der Waals surface area contributed by atoms with Crippen LogP contribution in [0.5, 0.6) is 0 Å². The van der Waals surface area contributed by atoms with Crippen molar-refractivity contribution < 1.29 is 22.4 Å². The summed E-state index contributed by atoms with van der Waals surface area (Å²) in [5, 5.41) is 9.94. The molecule has 0 bridgehead atoms. The van der Waals surface area contributed by atoms with Crippen molar-refractivity contribution >= 4 is 23.2 Å². The Balaban J connectivity index is 1.17. The van der Waals surface area contributed by atoms with Gasteiger partial charge >= 0.3 is 6.18 Å². The van der Waals surface area contributed by atoms with Crippen molar-refractivity contribution in [2.45, 2.75) is 37.4 Å². The molecule has 3 atom stereocenters. The third-order valence-corrected chi connectivity index (χ3v) is 8.59. The number of aromatic nitrogens is 7. The number of nitrogens with zero attached hydrogens (tertiary/aromatic N) is 6. The number of halogens is 5. The average molecular weight is 623 g/mol. The Hall–Kier alpha value is -4.85. The second-order valence-electron chi connectivity index (χ2n) is 11.1. The van der Waals surface area contributed by atoms with Crippen molar-refractivity contribution in [3.63, 3.8) is 0 Å². The van der Waals surface area contributed by atoms with E-state index in [9.17, 15) is 22.8 Å². The normalized spacial score (nSPS) is 20.2. The highest BCUT2D eigenvalue weighted by Crippen LogP contribution is 2.60. The molecule has 1 aliphatic carbocycles. The van der Waals surface area contributed by atoms with Gasteiger partial charge in [-0.3, -0.25) is 14.2 Å². The summed E-state index contributed by atoms with van der Waals surface area (Å²) >= 11 is 6.24. The number of anilines is 1. The molecule has 5 aromatic rings. The predicted octanol–water partition coefficient (Wildman–Crippen LogP) is 5.28. The summed E-state index contributed by atoms with van der Waals surface area (Å²) in [6.07, 6.45) is -2.35. The molecule has 8 rings (SSSR count). The number of hydrogen-bond donors (Lipinski definition) is 2. The molecule has 0 radical (unpaired) electrons. The van der Waals surface area contributed by atoms with Gasteiger partial charge in [0.1, 0.15) is 11.6 Å². The largest absolute Gasteiger partial charge is 0.436 e. The minimum Gasteiger partial charge on any atom is -0.338 e. The fraction of sp³-hybridized carbons (Fsp3) is 0.241. The topological polar surface area (TPSA) is 123 Å². The molecule has 2 N–H and O–H groups in total. The standard InChI is InChI=1S/C29H19ClF4N8O2/c30-14-3-5-20(41-11-21(39-40-41)29(32,33)34)17(8-14)19-10-23(44)42-25(15-9-16(15)28(42)36-19)24-26(31)38-27(37-24)13-1-4-18-12(7-13)2-6-22(43)35-18/h1,3-5,7-8,10-11,15-16,25H,2,6,9H2,(H,35,43)(H,37,38). The fourth-order valence-corrected chi connectivity index (χ4v) is 6.41. The van der Waals surface area contributed by atoms with Crippen LogP contribution in [0.25, 0.3) is 28.3 Å². The zero-order chi connectivity index (χ0) is 30.5. The van der Waals surface area contributed by atoms with Gasteiger partial charge in [-0.05, 0) is 60.7 Å². The van der Waals surface area contributed by atoms with E-state index in [-0.39, 0.29) is 45.4 Å². The number of carbonyl (C=O) groups excluding carboxylic acids is 1. The van der Waals surface area contributed by atoms with Gasteiger partial charge in [0.25, 0.3) is 5.56 Å². The molecule has 0 spiro atoms. The van der Waals surface area contributed by atoms with Gasteiger partial charge in [0.05, 0.1) is 29.3 Å². The van der Waals surface area contributed by atoms with Crippen molar-refractivity contribution in [3.8, 4) is 28.3 Å². The van der Waals surface area contributed by atoms with Crippen LogP contribution in [0.3, 0.4) is 0 Å². The van der Waals surface area contributed by atoms with Crippen LogP contribution >= 0.6 is 11.6 Å². The summed E-state index contributed by atoms with van der Waals surface area (Å²) in [7, 11) is 0. The number of rotatable bonds is 4. The highest BCUT2D eigenvalue weighted by atomic mass is 35.5.